The fourth-order valence-electron chi connectivity index (χ4n) is 2.84. The van der Waals surface area contributed by atoms with Gasteiger partial charge in [0.2, 0.25) is 0 Å². The van der Waals surface area contributed by atoms with Crippen LogP contribution >= 0.6 is 0 Å². The third-order valence-electron chi connectivity index (χ3n) is 4.37. The summed E-state index contributed by atoms with van der Waals surface area (Å²) in [6.07, 6.45) is 0.614. The molecule has 1 heterocycles. The highest BCUT2D eigenvalue weighted by molar-refractivity contribution is 5.80. The summed E-state index contributed by atoms with van der Waals surface area (Å²) in [6, 6.07) is 14.5. The number of aryl methyl sites for hydroxylation is 1. The maximum absolute atomic E-state index is 11.9. The second-order valence-electron chi connectivity index (χ2n) is 6.35. The van der Waals surface area contributed by atoms with Crippen LogP contribution in [0.4, 0.5) is 0 Å². The molecule has 0 unspecified atom stereocenters. The molecule has 0 aliphatic carbocycles. The third kappa shape index (κ3) is 5.47. The molecule has 0 saturated heterocycles. The number of para-hydroxylation sites is 2. The molecule has 1 N–H and O–H groups in total. The molecule has 29 heavy (non-hydrogen) atoms. The van der Waals surface area contributed by atoms with Crippen LogP contribution in [0.25, 0.3) is 11.1 Å². The molecule has 2 aromatic carbocycles. The number of carbonyl (C=O) groups is 2. The highest BCUT2D eigenvalue weighted by Crippen LogP contribution is 2.12. The molecule has 0 radical (unpaired) electrons. The van der Waals surface area contributed by atoms with Gasteiger partial charge in [0.1, 0.15) is 5.75 Å². The summed E-state index contributed by atoms with van der Waals surface area (Å²) in [5.74, 6) is -0.698. The number of rotatable bonds is 9. The van der Waals surface area contributed by atoms with Crippen molar-refractivity contribution in [2.75, 3.05) is 20.3 Å². The average molecular weight is 398 g/mol. The molecule has 3 aromatic rings. The molecule has 152 valence electrons. The Bertz CT molecular complexity index is 1040. The Morgan fingerprint density at radius 2 is 1.86 bits per heavy atom. The van der Waals surface area contributed by atoms with Crippen molar-refractivity contribution in [3.63, 3.8) is 0 Å². The zero-order valence-electron chi connectivity index (χ0n) is 16.1. The zero-order chi connectivity index (χ0) is 20.6. The van der Waals surface area contributed by atoms with Crippen LogP contribution in [-0.2, 0) is 27.3 Å². The largest absolute Gasteiger partial charge is 0.497 e. The SMILES string of the molecule is COc1ccc(CCNC(=O)COC(=O)CCn2c(=O)oc3ccccc32)cc1. The molecule has 8 nitrogen and oxygen atoms in total. The first-order valence-corrected chi connectivity index (χ1v) is 9.20. The number of aromatic nitrogens is 1. The van der Waals surface area contributed by atoms with Crippen LogP contribution in [0.15, 0.2) is 57.7 Å². The predicted octanol–water partition coefficient (Wildman–Crippen LogP) is 1.90. The minimum Gasteiger partial charge on any atom is -0.497 e. The maximum atomic E-state index is 11.9. The van der Waals surface area contributed by atoms with Gasteiger partial charge in [0.25, 0.3) is 5.91 Å². The van der Waals surface area contributed by atoms with Gasteiger partial charge in [0, 0.05) is 13.1 Å². The van der Waals surface area contributed by atoms with E-state index in [0.29, 0.717) is 24.1 Å². The number of benzene rings is 2. The minimum atomic E-state index is -0.563. The number of carbonyl (C=O) groups excluding carboxylic acids is 2. The maximum Gasteiger partial charge on any atom is 0.419 e. The first kappa shape index (κ1) is 20.2. The number of oxazole rings is 1. The summed E-state index contributed by atoms with van der Waals surface area (Å²) >= 11 is 0. The van der Waals surface area contributed by atoms with Crippen LogP contribution in [0.2, 0.25) is 0 Å². The Morgan fingerprint density at radius 1 is 1.10 bits per heavy atom. The van der Waals surface area contributed by atoms with Crippen LogP contribution in [0.5, 0.6) is 5.75 Å². The number of hydrogen-bond acceptors (Lipinski definition) is 6. The van der Waals surface area contributed by atoms with Gasteiger partial charge < -0.3 is 19.2 Å². The van der Waals surface area contributed by atoms with Gasteiger partial charge in [0.05, 0.1) is 19.0 Å². The number of amides is 1. The fourth-order valence-corrected chi connectivity index (χ4v) is 2.84. The molecule has 0 spiro atoms. The smallest absolute Gasteiger partial charge is 0.419 e. The molecule has 3 rings (SSSR count). The molecule has 0 aliphatic rings. The van der Waals surface area contributed by atoms with Crippen LogP contribution in [-0.4, -0.2) is 36.7 Å². The Labute approximate surface area is 167 Å². The summed E-state index contributed by atoms with van der Waals surface area (Å²) in [5, 5.41) is 2.70. The van der Waals surface area contributed by atoms with Crippen molar-refractivity contribution in [3.8, 4) is 5.75 Å². The van der Waals surface area contributed by atoms with Gasteiger partial charge in [0.15, 0.2) is 12.2 Å². The molecule has 1 aromatic heterocycles. The van der Waals surface area contributed by atoms with Crippen molar-refractivity contribution >= 4 is 23.0 Å². The van der Waals surface area contributed by atoms with Crippen molar-refractivity contribution in [2.45, 2.75) is 19.4 Å². The minimum absolute atomic E-state index is 0.0391. The summed E-state index contributed by atoms with van der Waals surface area (Å²) in [6.45, 7) is 0.190. The van der Waals surface area contributed by atoms with Gasteiger partial charge in [-0.05, 0) is 36.2 Å². The van der Waals surface area contributed by atoms with Gasteiger partial charge in [-0.25, -0.2) is 4.79 Å². The fraction of sp³-hybridized carbons (Fsp3) is 0.286. The lowest BCUT2D eigenvalue weighted by molar-refractivity contribution is -0.148. The predicted molar refractivity (Wildman–Crippen MR) is 106 cm³/mol. The van der Waals surface area contributed by atoms with Gasteiger partial charge in [-0.2, -0.15) is 0 Å². The van der Waals surface area contributed by atoms with Crippen molar-refractivity contribution in [1.82, 2.24) is 9.88 Å². The topological polar surface area (TPSA) is 99.8 Å². The molecular formula is C21H22N2O6. The van der Waals surface area contributed by atoms with E-state index in [4.69, 9.17) is 13.9 Å². The number of methoxy groups -OCH3 is 1. The first-order valence-electron chi connectivity index (χ1n) is 9.20. The number of nitrogens with one attached hydrogen (secondary N) is 1. The van der Waals surface area contributed by atoms with Crippen molar-refractivity contribution < 1.29 is 23.5 Å². The van der Waals surface area contributed by atoms with Gasteiger partial charge in [-0.3, -0.25) is 14.2 Å². The standard InChI is InChI=1S/C21H22N2O6/c1-27-16-8-6-15(7-9-16)10-12-22-19(24)14-28-20(25)11-13-23-17-4-2-3-5-18(17)29-21(23)26/h2-9H,10-14H2,1H3,(H,22,24). The second kappa shape index (κ2) is 9.59. The van der Waals surface area contributed by atoms with E-state index in [0.717, 1.165) is 11.3 Å². The summed E-state index contributed by atoms with van der Waals surface area (Å²) in [7, 11) is 1.60. The molecule has 0 atom stereocenters. The summed E-state index contributed by atoms with van der Waals surface area (Å²) in [4.78, 5) is 35.6. The lowest BCUT2D eigenvalue weighted by atomic mass is 10.1. The van der Waals surface area contributed by atoms with E-state index in [1.165, 1.54) is 4.57 Å². The van der Waals surface area contributed by atoms with Crippen LogP contribution in [0, 0.1) is 0 Å². The summed E-state index contributed by atoms with van der Waals surface area (Å²) < 4.78 is 16.5. The van der Waals surface area contributed by atoms with Crippen LogP contribution in [0.3, 0.4) is 0 Å². The average Bonchev–Trinajstić information content (AvgIpc) is 3.06. The molecule has 0 bridgehead atoms. The molecule has 0 saturated carbocycles. The van der Waals surface area contributed by atoms with E-state index in [1.54, 1.807) is 31.4 Å². The molecule has 0 aliphatic heterocycles. The molecular weight excluding hydrogens is 376 g/mol. The Hall–Kier alpha value is -3.55. The lowest BCUT2D eigenvalue weighted by Crippen LogP contribution is -2.30. The van der Waals surface area contributed by atoms with E-state index in [1.807, 2.05) is 24.3 Å². The number of nitrogens with zero attached hydrogens (tertiary/aromatic N) is 1. The normalized spacial score (nSPS) is 10.7. The van der Waals surface area contributed by atoms with Crippen molar-refractivity contribution in [1.29, 1.82) is 0 Å². The number of hydrogen-bond donors (Lipinski definition) is 1. The quantitative estimate of drug-likeness (QED) is 0.553. The first-order chi connectivity index (χ1) is 14.1. The highest BCUT2D eigenvalue weighted by atomic mass is 16.5. The van der Waals surface area contributed by atoms with Crippen LogP contribution in [0.1, 0.15) is 12.0 Å². The van der Waals surface area contributed by atoms with E-state index in [-0.39, 0.29) is 25.5 Å². The van der Waals surface area contributed by atoms with Gasteiger partial charge in [-0.1, -0.05) is 24.3 Å². The van der Waals surface area contributed by atoms with E-state index < -0.39 is 11.7 Å². The van der Waals surface area contributed by atoms with Crippen molar-refractivity contribution in [3.05, 3.63) is 64.6 Å². The number of ether oxygens (including phenoxy) is 2. The molecule has 1 amide bonds. The van der Waals surface area contributed by atoms with Crippen LogP contribution < -0.4 is 15.8 Å². The molecule has 8 heteroatoms. The van der Waals surface area contributed by atoms with E-state index in [2.05, 4.69) is 5.32 Å². The number of fused-ring (bicyclic) bond motifs is 1. The van der Waals surface area contributed by atoms with Gasteiger partial charge >= 0.3 is 11.7 Å². The Morgan fingerprint density at radius 3 is 2.62 bits per heavy atom. The Balaban J connectivity index is 1.38. The zero-order valence-corrected chi connectivity index (χ0v) is 16.1. The second-order valence-corrected chi connectivity index (χ2v) is 6.35. The third-order valence-corrected chi connectivity index (χ3v) is 4.37. The van der Waals surface area contributed by atoms with Crippen molar-refractivity contribution in [2.24, 2.45) is 0 Å². The van der Waals surface area contributed by atoms with E-state index in [9.17, 15) is 14.4 Å². The lowest BCUT2D eigenvalue weighted by Gasteiger charge is -2.07. The highest BCUT2D eigenvalue weighted by Gasteiger charge is 2.12. The Kier molecular flexibility index (Phi) is 6.67. The van der Waals surface area contributed by atoms with E-state index >= 15 is 0 Å². The van der Waals surface area contributed by atoms with Gasteiger partial charge in [-0.15, -0.1) is 0 Å². The monoisotopic (exact) mass is 398 g/mol. The number of esters is 1. The molecule has 0 fully saturated rings. The summed E-state index contributed by atoms with van der Waals surface area (Å²) in [5.41, 5.74) is 2.13.